The quantitative estimate of drug-likeness (QED) is 0.345. The third-order valence-corrected chi connectivity index (χ3v) is 6.18. The molecule has 1 aliphatic heterocycles. The number of ether oxygens (including phenoxy) is 1. The van der Waals surface area contributed by atoms with Crippen molar-refractivity contribution in [2.45, 2.75) is 19.6 Å². The minimum Gasteiger partial charge on any atom is -0.423 e. The number of fused-ring (bicyclic) bond motifs is 1. The van der Waals surface area contributed by atoms with Gasteiger partial charge in [0.05, 0.1) is 0 Å². The molecule has 4 aromatic rings. The van der Waals surface area contributed by atoms with Crippen LogP contribution in [0.5, 0.6) is 0 Å². The van der Waals surface area contributed by atoms with E-state index < -0.39 is 11.7 Å². The molecule has 0 radical (unpaired) electrons. The van der Waals surface area contributed by atoms with Gasteiger partial charge in [0.1, 0.15) is 5.69 Å². The van der Waals surface area contributed by atoms with Crippen molar-refractivity contribution in [3.63, 3.8) is 0 Å². The number of anilines is 3. The summed E-state index contributed by atoms with van der Waals surface area (Å²) < 4.78 is 6.28. The summed E-state index contributed by atoms with van der Waals surface area (Å²) in [5, 5.41) is 0. The van der Waals surface area contributed by atoms with Crippen molar-refractivity contribution in [3.8, 4) is 0 Å². The molecule has 5 rings (SSSR count). The van der Waals surface area contributed by atoms with Gasteiger partial charge in [-0.15, -0.1) is 0 Å². The highest BCUT2D eigenvalue weighted by atomic mass is 16.6. The fourth-order valence-electron chi connectivity index (χ4n) is 4.60. The van der Waals surface area contributed by atoms with Crippen LogP contribution in [-0.2, 0) is 10.5 Å². The molecule has 0 spiro atoms. The summed E-state index contributed by atoms with van der Waals surface area (Å²) in [6, 6.07) is 28.0. The number of rotatable bonds is 7. The van der Waals surface area contributed by atoms with Gasteiger partial charge in [-0.2, -0.15) is 0 Å². The zero-order valence-corrected chi connectivity index (χ0v) is 19.3. The van der Waals surface area contributed by atoms with Crippen molar-refractivity contribution in [3.05, 3.63) is 114 Å². The maximum atomic E-state index is 13.1. The number of nitrogens with zero attached hydrogens (tertiary/aromatic N) is 4. The van der Waals surface area contributed by atoms with Crippen LogP contribution in [0.2, 0.25) is 0 Å². The molecular formula is C28H26N4O2. The van der Waals surface area contributed by atoms with Gasteiger partial charge >= 0.3 is 5.97 Å². The van der Waals surface area contributed by atoms with E-state index in [0.29, 0.717) is 5.69 Å². The molecular weight excluding hydrogens is 424 g/mol. The Kier molecular flexibility index (Phi) is 5.72. The van der Waals surface area contributed by atoms with Gasteiger partial charge in [0.2, 0.25) is 0 Å². The predicted octanol–water partition coefficient (Wildman–Crippen LogP) is 5.53. The van der Waals surface area contributed by atoms with E-state index in [1.54, 1.807) is 6.20 Å². The van der Waals surface area contributed by atoms with Crippen LogP contribution in [-0.4, -0.2) is 29.0 Å². The smallest absolute Gasteiger partial charge is 0.361 e. The minimum absolute atomic E-state index is 0.229. The minimum atomic E-state index is -1.31. The van der Waals surface area contributed by atoms with Crippen molar-refractivity contribution >= 4 is 23.0 Å². The molecule has 0 aliphatic carbocycles. The van der Waals surface area contributed by atoms with Crippen LogP contribution < -0.4 is 9.80 Å². The maximum absolute atomic E-state index is 13.1. The van der Waals surface area contributed by atoms with Crippen LogP contribution in [0.3, 0.4) is 0 Å². The zero-order chi connectivity index (χ0) is 23.5. The third-order valence-electron chi connectivity index (χ3n) is 6.18. The summed E-state index contributed by atoms with van der Waals surface area (Å²) in [5.74, 6) is -0.493. The Bertz CT molecular complexity index is 1240. The molecule has 2 heterocycles. The Morgan fingerprint density at radius 2 is 1.29 bits per heavy atom. The lowest BCUT2D eigenvalue weighted by Gasteiger charge is -2.41. The highest BCUT2D eigenvalue weighted by Gasteiger charge is 2.54. The molecule has 1 atom stereocenters. The van der Waals surface area contributed by atoms with Crippen molar-refractivity contribution in [2.75, 3.05) is 22.9 Å². The topological polar surface area (TPSA) is 58.6 Å². The molecule has 0 N–H and O–H groups in total. The molecule has 6 heteroatoms. The molecule has 0 amide bonds. The summed E-state index contributed by atoms with van der Waals surface area (Å²) in [7, 11) is 0. The fourth-order valence-corrected chi connectivity index (χ4v) is 4.60. The normalized spacial score (nSPS) is 16.6. The SMILES string of the molecule is CCN(CC)c1ccc(C2(N(c3ccccc3)c3ccccc3)OC(=O)c3nccnc32)cc1. The van der Waals surface area contributed by atoms with Crippen LogP contribution in [0.1, 0.15) is 35.6 Å². The van der Waals surface area contributed by atoms with Gasteiger partial charge in [-0.05, 0) is 50.2 Å². The van der Waals surface area contributed by atoms with Gasteiger partial charge in [-0.3, -0.25) is 9.88 Å². The first-order valence-corrected chi connectivity index (χ1v) is 11.5. The van der Waals surface area contributed by atoms with Crippen LogP contribution in [0.15, 0.2) is 97.3 Å². The van der Waals surface area contributed by atoms with Gasteiger partial charge in [0.25, 0.3) is 5.72 Å². The molecule has 1 aromatic heterocycles. The number of benzene rings is 3. The second-order valence-corrected chi connectivity index (χ2v) is 8.01. The van der Waals surface area contributed by atoms with Crippen LogP contribution in [0.4, 0.5) is 17.1 Å². The number of carbonyl (C=O) groups is 1. The van der Waals surface area contributed by atoms with Crippen LogP contribution in [0.25, 0.3) is 0 Å². The summed E-state index contributed by atoms with van der Waals surface area (Å²) >= 11 is 0. The average molecular weight is 451 g/mol. The first kappa shape index (κ1) is 21.6. The van der Waals surface area contributed by atoms with Crippen LogP contribution in [0, 0.1) is 0 Å². The van der Waals surface area contributed by atoms with Gasteiger partial charge in [0.15, 0.2) is 5.69 Å². The van der Waals surface area contributed by atoms with Gasteiger partial charge < -0.3 is 9.64 Å². The lowest BCUT2D eigenvalue weighted by molar-refractivity contribution is 0.0121. The standard InChI is InChI=1S/C28H26N4O2/c1-3-31(4-2)22-17-15-21(16-18-22)28(26-25(27(33)34-28)29-19-20-30-26)32(23-11-7-5-8-12-23)24-13-9-6-10-14-24/h5-20H,3-4H2,1-2H3. The fraction of sp³-hybridized carbons (Fsp3) is 0.179. The molecule has 34 heavy (non-hydrogen) atoms. The molecule has 0 saturated carbocycles. The Morgan fingerprint density at radius 3 is 1.85 bits per heavy atom. The van der Waals surface area contributed by atoms with Crippen molar-refractivity contribution in [1.29, 1.82) is 0 Å². The molecule has 6 nitrogen and oxygen atoms in total. The molecule has 170 valence electrons. The van der Waals surface area contributed by atoms with E-state index in [2.05, 4.69) is 40.8 Å². The summed E-state index contributed by atoms with van der Waals surface area (Å²) in [6.07, 6.45) is 3.13. The largest absolute Gasteiger partial charge is 0.423 e. The number of para-hydroxylation sites is 2. The third kappa shape index (κ3) is 3.48. The van der Waals surface area contributed by atoms with Crippen LogP contribution >= 0.6 is 0 Å². The molecule has 0 fully saturated rings. The number of esters is 1. The van der Waals surface area contributed by atoms with Crippen molar-refractivity contribution < 1.29 is 9.53 Å². The maximum Gasteiger partial charge on any atom is 0.361 e. The molecule has 1 unspecified atom stereocenters. The Hall–Kier alpha value is -4.19. The second-order valence-electron chi connectivity index (χ2n) is 8.01. The Balaban J connectivity index is 1.78. The van der Waals surface area contributed by atoms with Gasteiger partial charge in [-0.1, -0.05) is 48.5 Å². The predicted molar refractivity (Wildman–Crippen MR) is 133 cm³/mol. The lowest BCUT2D eigenvalue weighted by Crippen LogP contribution is -2.45. The van der Waals surface area contributed by atoms with E-state index in [0.717, 1.165) is 35.7 Å². The van der Waals surface area contributed by atoms with E-state index >= 15 is 0 Å². The number of hydrogen-bond acceptors (Lipinski definition) is 6. The first-order valence-electron chi connectivity index (χ1n) is 11.5. The number of hydrogen-bond donors (Lipinski definition) is 0. The van der Waals surface area contributed by atoms with E-state index in [4.69, 9.17) is 4.74 Å². The zero-order valence-electron chi connectivity index (χ0n) is 19.3. The van der Waals surface area contributed by atoms with E-state index in [1.165, 1.54) is 6.20 Å². The second kappa shape index (κ2) is 8.98. The highest BCUT2D eigenvalue weighted by Crippen LogP contribution is 2.48. The molecule has 3 aromatic carbocycles. The Labute approximate surface area is 199 Å². The Morgan fingerprint density at radius 1 is 0.735 bits per heavy atom. The molecule has 0 bridgehead atoms. The van der Waals surface area contributed by atoms with E-state index in [9.17, 15) is 4.79 Å². The summed E-state index contributed by atoms with van der Waals surface area (Å²) in [5.41, 5.74) is 3.03. The first-order chi connectivity index (χ1) is 16.7. The number of carbonyl (C=O) groups excluding carboxylic acids is 1. The van der Waals surface area contributed by atoms with E-state index in [1.807, 2.05) is 77.7 Å². The lowest BCUT2D eigenvalue weighted by atomic mass is 9.94. The van der Waals surface area contributed by atoms with Crippen molar-refractivity contribution in [2.24, 2.45) is 0 Å². The average Bonchev–Trinajstić information content (AvgIpc) is 3.20. The van der Waals surface area contributed by atoms with Gasteiger partial charge in [-0.25, -0.2) is 9.78 Å². The summed E-state index contributed by atoms with van der Waals surface area (Å²) in [4.78, 5) is 26.4. The van der Waals surface area contributed by atoms with Gasteiger partial charge in [0, 0.05) is 48.1 Å². The molecule has 0 saturated heterocycles. The number of cyclic esters (lactones) is 1. The summed E-state index contributed by atoms with van der Waals surface area (Å²) in [6.45, 7) is 6.08. The monoisotopic (exact) mass is 450 g/mol. The highest BCUT2D eigenvalue weighted by molar-refractivity contribution is 5.94. The molecule has 1 aliphatic rings. The van der Waals surface area contributed by atoms with Crippen molar-refractivity contribution in [1.82, 2.24) is 9.97 Å². The van der Waals surface area contributed by atoms with E-state index in [-0.39, 0.29) is 5.69 Å². The number of aromatic nitrogens is 2.